The van der Waals surface area contributed by atoms with Crippen molar-refractivity contribution in [3.8, 4) is 23.1 Å². The Bertz CT molecular complexity index is 2080. The number of methoxy groups -OCH3 is 1. The van der Waals surface area contributed by atoms with Crippen LogP contribution in [0.3, 0.4) is 0 Å². The summed E-state index contributed by atoms with van der Waals surface area (Å²) in [6.07, 6.45) is 1.55. The third-order valence-electron chi connectivity index (χ3n) is 6.64. The molecule has 0 bridgehead atoms. The van der Waals surface area contributed by atoms with Gasteiger partial charge < -0.3 is 19.0 Å². The van der Waals surface area contributed by atoms with E-state index in [0.717, 1.165) is 10.9 Å². The van der Waals surface area contributed by atoms with E-state index in [4.69, 9.17) is 24.0 Å². The van der Waals surface area contributed by atoms with Gasteiger partial charge >= 0.3 is 5.97 Å². The fourth-order valence-electron chi connectivity index (χ4n) is 4.53. The summed E-state index contributed by atoms with van der Waals surface area (Å²) in [4.78, 5) is 29.4. The average molecular weight is 703 g/mol. The molecular weight excluding hydrogens is 682 g/mol. The number of aromatic nitrogens is 2. The maximum absolute atomic E-state index is 13.6. The van der Waals surface area contributed by atoms with Gasteiger partial charge in [0.05, 0.1) is 44.1 Å². The second-order valence-corrected chi connectivity index (χ2v) is 11.1. The first-order chi connectivity index (χ1) is 20.8. The highest BCUT2D eigenvalue weighted by Crippen LogP contribution is 2.36. The largest absolute Gasteiger partial charge is 0.496 e. The van der Waals surface area contributed by atoms with Crippen molar-refractivity contribution in [2.75, 3.05) is 7.11 Å². The molecule has 0 aliphatic heterocycles. The van der Waals surface area contributed by atoms with Gasteiger partial charge in [-0.1, -0.05) is 30.3 Å². The molecule has 11 heteroatoms. The van der Waals surface area contributed by atoms with E-state index in [1.165, 1.54) is 16.8 Å². The van der Waals surface area contributed by atoms with Crippen LogP contribution in [-0.2, 0) is 6.61 Å². The van der Waals surface area contributed by atoms with Crippen LogP contribution in [0.4, 0.5) is 0 Å². The molecule has 1 N–H and O–H groups in total. The molecule has 214 valence electrons. The van der Waals surface area contributed by atoms with Crippen molar-refractivity contribution in [3.05, 3.63) is 121 Å². The normalized spacial score (nSPS) is 11.4. The van der Waals surface area contributed by atoms with Gasteiger partial charge in [-0.15, -0.1) is 0 Å². The number of fused-ring (bicyclic) bond motifs is 2. The summed E-state index contributed by atoms with van der Waals surface area (Å²) in [5.41, 5.74) is 2.46. The van der Waals surface area contributed by atoms with Crippen LogP contribution >= 0.6 is 31.9 Å². The number of rotatable bonds is 8. The lowest BCUT2D eigenvalue weighted by Gasteiger charge is -2.12. The third-order valence-corrected chi connectivity index (χ3v) is 7.82. The predicted octanol–water partition coefficient (Wildman–Crippen LogP) is 7.50. The Hall–Kier alpha value is -4.74. The number of ether oxygens (including phenoxy) is 2. The van der Waals surface area contributed by atoms with Crippen LogP contribution in [0.2, 0.25) is 0 Å². The Balaban J connectivity index is 1.35. The van der Waals surface area contributed by atoms with Crippen LogP contribution in [-0.4, -0.2) is 34.1 Å². The summed E-state index contributed by atoms with van der Waals surface area (Å²) in [6.45, 7) is 0.230. The van der Waals surface area contributed by atoms with Crippen LogP contribution in [0.5, 0.6) is 11.5 Å². The van der Waals surface area contributed by atoms with Gasteiger partial charge in [0.15, 0.2) is 5.76 Å². The Morgan fingerprint density at radius 1 is 1.00 bits per heavy atom. The van der Waals surface area contributed by atoms with Gasteiger partial charge in [0.25, 0.3) is 5.56 Å². The summed E-state index contributed by atoms with van der Waals surface area (Å²) in [5, 5.41) is 14.8. The molecule has 43 heavy (non-hydrogen) atoms. The number of carboxylic acids is 1. The zero-order valence-corrected chi connectivity index (χ0v) is 25.6. The minimum atomic E-state index is -0.984. The van der Waals surface area contributed by atoms with Crippen molar-refractivity contribution in [1.82, 2.24) is 9.66 Å². The topological polar surface area (TPSA) is 116 Å². The van der Waals surface area contributed by atoms with Crippen molar-refractivity contribution in [1.29, 1.82) is 0 Å². The highest BCUT2D eigenvalue weighted by molar-refractivity contribution is 9.11. The van der Waals surface area contributed by atoms with Gasteiger partial charge in [-0.05, 0) is 97.6 Å². The predicted molar refractivity (Wildman–Crippen MR) is 170 cm³/mol. The number of hydrogen-bond donors (Lipinski definition) is 1. The second-order valence-electron chi connectivity index (χ2n) is 9.40. The van der Waals surface area contributed by atoms with E-state index in [1.54, 1.807) is 49.7 Å². The molecule has 0 amide bonds. The lowest BCUT2D eigenvalue weighted by molar-refractivity contribution is 0.0697. The molecule has 2 heterocycles. The Morgan fingerprint density at radius 2 is 1.74 bits per heavy atom. The molecule has 6 rings (SSSR count). The van der Waals surface area contributed by atoms with Gasteiger partial charge in [-0.3, -0.25) is 4.79 Å². The molecule has 0 unspecified atom stereocenters. The molecule has 0 fully saturated rings. The molecule has 6 aromatic rings. The molecule has 0 aliphatic carbocycles. The molecule has 9 nitrogen and oxygen atoms in total. The molecule has 2 aromatic heterocycles. The minimum Gasteiger partial charge on any atom is -0.496 e. The van der Waals surface area contributed by atoms with Crippen molar-refractivity contribution in [2.45, 2.75) is 6.61 Å². The highest BCUT2D eigenvalue weighted by atomic mass is 79.9. The average Bonchev–Trinajstić information content (AvgIpc) is 3.45. The number of para-hydroxylation sites is 1. The zero-order chi connectivity index (χ0) is 30.1. The fourth-order valence-corrected chi connectivity index (χ4v) is 5.98. The standard InChI is InChI=1S/C32H21Br2N3O6/c1-41-26-7-4-8-27-22(26)15-28(43-27)30-36-25-6-3-2-5-21(25)31(38)37(30)35-16-19-13-23(33)29(24(34)14-19)42-17-18-9-11-20(12-10-18)32(39)40/h2-16H,17H2,1H3,(H,39,40). The van der Waals surface area contributed by atoms with Crippen LogP contribution in [0.15, 0.2) is 108 Å². The SMILES string of the molecule is COc1cccc2oc(-c3nc4ccccc4c(=O)n3N=Cc3cc(Br)c(OCc4ccc(C(=O)O)cc4)c(Br)c3)cc12. The minimum absolute atomic E-state index is 0.207. The summed E-state index contributed by atoms with van der Waals surface area (Å²) < 4.78 is 20.1. The first kappa shape index (κ1) is 28.4. The van der Waals surface area contributed by atoms with Crippen molar-refractivity contribution in [3.63, 3.8) is 0 Å². The van der Waals surface area contributed by atoms with Crippen molar-refractivity contribution < 1.29 is 23.8 Å². The second kappa shape index (κ2) is 11.9. The van der Waals surface area contributed by atoms with E-state index >= 15 is 0 Å². The van der Waals surface area contributed by atoms with Gasteiger partial charge in [-0.25, -0.2) is 9.78 Å². The first-order valence-electron chi connectivity index (χ1n) is 12.9. The maximum Gasteiger partial charge on any atom is 0.335 e. The lowest BCUT2D eigenvalue weighted by Crippen LogP contribution is -2.20. The van der Waals surface area contributed by atoms with Gasteiger partial charge in [0.1, 0.15) is 23.7 Å². The van der Waals surface area contributed by atoms with Gasteiger partial charge in [-0.2, -0.15) is 9.78 Å². The van der Waals surface area contributed by atoms with Crippen molar-refractivity contribution in [2.24, 2.45) is 5.10 Å². The van der Waals surface area contributed by atoms with E-state index in [1.807, 2.05) is 36.4 Å². The van der Waals surface area contributed by atoms with E-state index in [-0.39, 0.29) is 23.6 Å². The Morgan fingerprint density at radius 3 is 2.47 bits per heavy atom. The molecule has 0 spiro atoms. The molecule has 0 aliphatic rings. The zero-order valence-electron chi connectivity index (χ0n) is 22.5. The van der Waals surface area contributed by atoms with Gasteiger partial charge in [0, 0.05) is 0 Å². The number of carbonyl (C=O) groups is 1. The molecule has 0 atom stereocenters. The summed E-state index contributed by atoms with van der Waals surface area (Å²) in [6, 6.07) is 24.4. The molecule has 4 aromatic carbocycles. The fraction of sp³-hybridized carbons (Fsp3) is 0.0625. The molecule has 0 radical (unpaired) electrons. The van der Waals surface area contributed by atoms with E-state index < -0.39 is 5.97 Å². The van der Waals surface area contributed by atoms with Crippen LogP contribution in [0, 0.1) is 0 Å². The number of aromatic carboxylic acids is 1. The van der Waals surface area contributed by atoms with Crippen LogP contribution in [0.1, 0.15) is 21.5 Å². The quantitative estimate of drug-likeness (QED) is 0.163. The number of carboxylic acid groups (broad SMARTS) is 1. The summed E-state index contributed by atoms with van der Waals surface area (Å²) >= 11 is 7.12. The monoisotopic (exact) mass is 701 g/mol. The first-order valence-corrected chi connectivity index (χ1v) is 14.5. The van der Waals surface area contributed by atoms with Crippen LogP contribution < -0.4 is 15.0 Å². The highest BCUT2D eigenvalue weighted by Gasteiger charge is 2.18. The summed E-state index contributed by atoms with van der Waals surface area (Å²) in [5.74, 6) is 0.815. The molecular formula is C32H21Br2N3O6. The maximum atomic E-state index is 13.6. The van der Waals surface area contributed by atoms with Crippen LogP contribution in [0.25, 0.3) is 33.5 Å². The molecule has 0 saturated carbocycles. The van der Waals surface area contributed by atoms with E-state index in [2.05, 4.69) is 37.0 Å². The lowest BCUT2D eigenvalue weighted by atomic mass is 10.1. The number of nitrogens with zero attached hydrogens (tertiary/aromatic N) is 3. The number of furan rings is 1. The Kier molecular flexibility index (Phi) is 7.83. The van der Waals surface area contributed by atoms with Crippen molar-refractivity contribution >= 4 is 65.9 Å². The number of halogens is 2. The number of benzene rings is 4. The number of hydrogen-bond acceptors (Lipinski definition) is 7. The smallest absolute Gasteiger partial charge is 0.335 e. The van der Waals surface area contributed by atoms with Gasteiger partial charge in [0.2, 0.25) is 5.82 Å². The van der Waals surface area contributed by atoms with E-state index in [0.29, 0.717) is 48.3 Å². The van der Waals surface area contributed by atoms with E-state index in [9.17, 15) is 9.59 Å². The molecule has 0 saturated heterocycles. The Labute approximate surface area is 261 Å². The summed E-state index contributed by atoms with van der Waals surface area (Å²) in [7, 11) is 1.58. The third kappa shape index (κ3) is 5.69.